The second-order valence-electron chi connectivity index (χ2n) is 33.9. The van der Waals surface area contributed by atoms with E-state index in [-0.39, 0.29) is 116 Å². The maximum Gasteiger partial charge on any atom is 0.260 e. The van der Waals surface area contributed by atoms with E-state index in [4.69, 9.17) is 66.8 Å². The highest BCUT2D eigenvalue weighted by Gasteiger charge is 2.40. The smallest absolute Gasteiger partial charge is 0.260 e. The number of hydrogen-bond donors (Lipinski definition) is 3. The number of carbonyl (C=O) groups is 8. The minimum absolute atomic E-state index is 0.0107. The number of hydrogen-bond acceptors (Lipinski definition) is 23. The SMILES string of the molecule is COc1cc2c(cc1OCCCCCOc1cc3c(cc1OC)C(=O)CCC1C=C(c4ccc(NC(=O)[C@H](C)CCCC(=O)[C@@H](NC(=O)CCOCCOCCOCCOCCOCCOCCOCCOCCNC(=O)CCN5C(=O)CC(C6=C/C=C\C=C/C=C\6)C5=O)C(C)C)cc4)C[C@@H](/C=N\3)C1)N=C[C@@H]1CC(c3ccc(CCC4CCN(C)CC4)cc3)=CN1C2=O. The molecule has 0 radical (unpaired) electrons. The topological polar surface area (TPSA) is 318 Å². The molecule has 2 saturated heterocycles. The van der Waals surface area contributed by atoms with Crippen molar-refractivity contribution in [1.29, 1.82) is 0 Å². The Morgan fingerprint density at radius 3 is 1.77 bits per heavy atom. The number of fused-ring (bicyclic) bond motifs is 5. The Morgan fingerprint density at radius 1 is 0.555 bits per heavy atom. The Morgan fingerprint density at radius 2 is 1.13 bits per heavy atom. The van der Waals surface area contributed by atoms with Crippen LogP contribution >= 0.6 is 0 Å². The molecule has 11 rings (SSSR count). The van der Waals surface area contributed by atoms with Crippen LogP contribution in [0.15, 0.2) is 143 Å². The summed E-state index contributed by atoms with van der Waals surface area (Å²) in [6, 6.07) is 23.0. The van der Waals surface area contributed by atoms with E-state index >= 15 is 0 Å². The number of amides is 6. The average molecular weight is 1770 g/mol. The molecule has 3 N–H and O–H groups in total. The molecule has 6 atom stereocenters. The molecule has 7 aliphatic rings. The van der Waals surface area contributed by atoms with Crippen molar-refractivity contribution in [2.45, 2.75) is 148 Å². The molecule has 5 aliphatic heterocycles. The van der Waals surface area contributed by atoms with Crippen LogP contribution in [-0.4, -0.2) is 253 Å². The Hall–Kier alpha value is -10.1. The number of nitrogens with zero attached hydrogens (tertiary/aromatic N) is 5. The van der Waals surface area contributed by atoms with Gasteiger partial charge < -0.3 is 82.6 Å². The molecule has 28 heteroatoms. The summed E-state index contributed by atoms with van der Waals surface area (Å²) < 4.78 is 68.7. The van der Waals surface area contributed by atoms with Crippen LogP contribution in [0, 0.1) is 35.5 Å². The molecule has 6 amide bonds. The van der Waals surface area contributed by atoms with Gasteiger partial charge in [0.05, 0.1) is 168 Å². The highest BCUT2D eigenvalue weighted by atomic mass is 16.6. The molecule has 2 aliphatic carbocycles. The number of likely N-dealkylation sites (tertiary alicyclic amines) is 2. The monoisotopic (exact) mass is 1760 g/mol. The summed E-state index contributed by atoms with van der Waals surface area (Å²) in [6.45, 7) is 15.0. The van der Waals surface area contributed by atoms with Gasteiger partial charge in [-0.05, 0) is 179 Å². The quantitative estimate of drug-likeness (QED) is 0.0273. The number of benzene rings is 4. The summed E-state index contributed by atoms with van der Waals surface area (Å²) >= 11 is 0. The van der Waals surface area contributed by atoms with Crippen LogP contribution in [0.5, 0.6) is 23.0 Å². The fraction of sp³-hybridized carbons (Fsp3) is 0.540. The lowest BCUT2D eigenvalue weighted by Gasteiger charge is -2.28. The fourth-order valence-electron chi connectivity index (χ4n) is 16.5. The third-order valence-corrected chi connectivity index (χ3v) is 24.0. The molecular weight excluding hydrogens is 1630 g/mol. The number of Topliss-reactive ketones (excluding diaryl/α,β-unsaturated/α-hetero) is 2. The predicted molar refractivity (Wildman–Crippen MR) is 491 cm³/mol. The Labute approximate surface area is 754 Å². The van der Waals surface area contributed by atoms with E-state index in [2.05, 4.69) is 58.2 Å². The molecule has 5 heterocycles. The van der Waals surface area contributed by atoms with Gasteiger partial charge in [-0.15, -0.1) is 0 Å². The summed E-state index contributed by atoms with van der Waals surface area (Å²) in [5.41, 5.74) is 9.29. The molecule has 692 valence electrons. The zero-order valence-electron chi connectivity index (χ0n) is 75.6. The summed E-state index contributed by atoms with van der Waals surface area (Å²) in [6.07, 6.45) is 32.9. The number of nitrogens with one attached hydrogen (secondary N) is 3. The highest BCUT2D eigenvalue weighted by molar-refractivity contribution is 6.07. The van der Waals surface area contributed by atoms with Crippen LogP contribution in [-0.2, 0) is 73.1 Å². The van der Waals surface area contributed by atoms with Crippen molar-refractivity contribution >= 4 is 87.6 Å². The lowest BCUT2D eigenvalue weighted by Crippen LogP contribution is -2.44. The number of carbonyl (C=O) groups excluding carboxylic acids is 8. The number of unbranched alkanes of at least 4 members (excludes halogenated alkanes) is 2. The van der Waals surface area contributed by atoms with Crippen molar-refractivity contribution in [3.8, 4) is 23.0 Å². The molecule has 0 spiro atoms. The van der Waals surface area contributed by atoms with Gasteiger partial charge in [-0.3, -0.25) is 53.2 Å². The normalized spacial score (nSPS) is 20.0. The molecule has 2 bridgehead atoms. The zero-order valence-corrected chi connectivity index (χ0v) is 75.6. The molecule has 4 aromatic carbocycles. The third-order valence-electron chi connectivity index (χ3n) is 24.0. The molecule has 2 unspecified atom stereocenters. The van der Waals surface area contributed by atoms with Gasteiger partial charge in [0, 0.05) is 99.5 Å². The summed E-state index contributed by atoms with van der Waals surface area (Å²) in [7, 11) is 5.36. The number of methoxy groups -OCH3 is 2. The number of ketones is 2. The standard InChI is InChI=1S/C100H132N8O20/c1-70(2)97(105-95(112)35-42-119-44-46-121-48-50-123-52-54-125-56-57-126-55-53-124-51-49-122-47-45-120-43-36-101-94(111)34-39-107-96(113)64-83(99(107)115)78-17-11-8-7-9-12-18-78)89(110)19-15-16-71(3)98(114)104-81-29-27-76(28-30-81)79-59-74-24-31-88(109)84-62-90(117-5)92(65-86(84)102-67-75(58-74)60-79)127-40-13-10-14-41-128-93-66-87-85(63-91(93)118-6)100(116)108-69-80(61-82(108)68-103-87)77-25-22-72(23-26-77)20-21-73-32-37-106(4)38-33-73/h7-9,11-12,17-18,22-23,25-30,59,62-63,65-71,73-75,82-83,97H,10,13-16,19-21,24,31-58,60-61,64H2,1-6H3,(H,101,111)(H,104,114)(H,105,112)/b8-7-,9-7?,11-8?,12-9-,17-11-,18-12?,78-17?,78-18+,102-67-/t71-,74?,75+,82+,83?,97+/m1/s1. The summed E-state index contributed by atoms with van der Waals surface area (Å²) in [4.78, 5) is 121. The van der Waals surface area contributed by atoms with Crippen LogP contribution in [0.4, 0.5) is 17.1 Å². The number of aliphatic imine (C=N–C) groups is 2. The maximum absolute atomic E-state index is 14.1. The van der Waals surface area contributed by atoms with Crippen molar-refractivity contribution in [2.75, 3.05) is 172 Å². The van der Waals surface area contributed by atoms with Crippen LogP contribution in [0.1, 0.15) is 167 Å². The van der Waals surface area contributed by atoms with E-state index in [9.17, 15) is 38.4 Å². The van der Waals surface area contributed by atoms with E-state index in [0.29, 0.717) is 202 Å². The van der Waals surface area contributed by atoms with Crippen molar-refractivity contribution in [3.05, 3.63) is 161 Å². The lowest BCUT2D eigenvalue weighted by atomic mass is 9.78. The lowest BCUT2D eigenvalue weighted by molar-refractivity contribution is -0.139. The molecule has 28 nitrogen and oxygen atoms in total. The molecule has 2 fully saturated rings. The van der Waals surface area contributed by atoms with Gasteiger partial charge in [-0.25, -0.2) is 0 Å². The van der Waals surface area contributed by atoms with Gasteiger partial charge >= 0.3 is 0 Å². The van der Waals surface area contributed by atoms with Crippen LogP contribution in [0.2, 0.25) is 0 Å². The van der Waals surface area contributed by atoms with Gasteiger partial charge in [0.25, 0.3) is 5.91 Å². The van der Waals surface area contributed by atoms with Gasteiger partial charge in [-0.1, -0.05) is 106 Å². The number of anilines is 1. The van der Waals surface area contributed by atoms with Crippen LogP contribution in [0.25, 0.3) is 11.1 Å². The van der Waals surface area contributed by atoms with Crippen molar-refractivity contribution in [3.63, 3.8) is 0 Å². The van der Waals surface area contributed by atoms with Gasteiger partial charge in [0.15, 0.2) is 34.6 Å². The van der Waals surface area contributed by atoms with E-state index < -0.39 is 12.0 Å². The first-order valence-corrected chi connectivity index (χ1v) is 45.9. The van der Waals surface area contributed by atoms with E-state index in [1.54, 1.807) is 37.3 Å². The predicted octanol–water partition coefficient (Wildman–Crippen LogP) is 13.8. The first kappa shape index (κ1) is 98.5. The number of aryl methyl sites for hydroxylation is 1. The van der Waals surface area contributed by atoms with Gasteiger partial charge in [0.2, 0.25) is 29.5 Å². The zero-order chi connectivity index (χ0) is 90.2. The maximum atomic E-state index is 14.1. The van der Waals surface area contributed by atoms with Gasteiger partial charge in [0.1, 0.15) is 0 Å². The number of rotatable bonds is 55. The van der Waals surface area contributed by atoms with Crippen molar-refractivity contribution in [1.82, 2.24) is 25.3 Å². The number of allylic oxidation sites excluding steroid dienone is 9. The first-order chi connectivity index (χ1) is 62.4. The molecule has 0 saturated carbocycles. The van der Waals surface area contributed by atoms with Crippen molar-refractivity contribution in [2.24, 2.45) is 45.5 Å². The third kappa shape index (κ3) is 31.3. The molecular formula is C100H132N8O20. The molecule has 4 aromatic rings. The first-order valence-electron chi connectivity index (χ1n) is 45.9. The van der Waals surface area contributed by atoms with Crippen LogP contribution in [0.3, 0.4) is 0 Å². The Bertz CT molecular complexity index is 4560. The van der Waals surface area contributed by atoms with E-state index in [1.807, 2.05) is 112 Å². The summed E-state index contributed by atoms with van der Waals surface area (Å²) in [5.74, 6) is 0.547. The fourth-order valence-corrected chi connectivity index (χ4v) is 16.5. The minimum Gasteiger partial charge on any atom is -0.493 e. The largest absolute Gasteiger partial charge is 0.493 e. The second kappa shape index (κ2) is 53.1. The average Bonchev–Trinajstić information content (AvgIpc) is 1.61. The number of piperidine rings is 1. The van der Waals surface area contributed by atoms with Gasteiger partial charge in [-0.2, -0.15) is 0 Å². The molecule has 0 aromatic heterocycles. The number of imide groups is 1. The molecule has 128 heavy (non-hydrogen) atoms. The Balaban J connectivity index is 0.484. The number of ether oxygens (including phenoxy) is 12. The van der Waals surface area contributed by atoms with E-state index in [0.717, 1.165) is 72.3 Å². The highest BCUT2D eigenvalue weighted by Crippen LogP contribution is 2.43. The second-order valence-corrected chi connectivity index (χ2v) is 33.9. The minimum atomic E-state index is -0.661. The summed E-state index contributed by atoms with van der Waals surface area (Å²) in [5, 5.41) is 8.71. The van der Waals surface area contributed by atoms with E-state index in [1.165, 1.54) is 42.8 Å². The Kier molecular flexibility index (Phi) is 40.9. The van der Waals surface area contributed by atoms with Crippen LogP contribution < -0.4 is 34.9 Å². The van der Waals surface area contributed by atoms with Crippen molar-refractivity contribution < 1.29 is 95.2 Å².